The van der Waals surface area contributed by atoms with Crippen LogP contribution < -0.4 is 5.32 Å². The second-order valence-electron chi connectivity index (χ2n) is 5.41. The third kappa shape index (κ3) is 3.67. The second kappa shape index (κ2) is 6.37. The molecule has 0 spiro atoms. The number of benzene rings is 1. The first-order valence-corrected chi connectivity index (χ1v) is 7.62. The Hall–Kier alpha value is -2.42. The van der Waals surface area contributed by atoms with Gasteiger partial charge < -0.3 is 5.32 Å². The summed E-state index contributed by atoms with van der Waals surface area (Å²) in [5.74, 6) is -0.847. The summed E-state index contributed by atoms with van der Waals surface area (Å²) in [6.07, 6.45) is -0.125. The van der Waals surface area contributed by atoms with Crippen molar-refractivity contribution in [2.75, 3.05) is 11.9 Å². The molecule has 1 aliphatic heterocycles. The summed E-state index contributed by atoms with van der Waals surface area (Å²) in [6, 6.07) is 5.76. The number of thioether (sulfide) groups is 1. The number of carbonyl (C=O) groups is 3. The van der Waals surface area contributed by atoms with Crippen molar-refractivity contribution in [1.82, 2.24) is 4.90 Å². The molecule has 0 aliphatic carbocycles. The smallest absolute Gasteiger partial charge is 0.292 e. The predicted molar refractivity (Wildman–Crippen MR) is 85.1 cm³/mol. The van der Waals surface area contributed by atoms with Gasteiger partial charge in [-0.25, -0.2) is 0 Å². The van der Waals surface area contributed by atoms with E-state index in [-0.39, 0.29) is 30.2 Å². The standard InChI is InChI=1S/C14H15N3O5S/c1-14(2)12(19)16(13(20)23-14)8-7-11(18)15-9-5-3-4-6-10(9)17(21)22/h3-6H,7-8H2,1-2H3,(H,15,18). The number of carbonyl (C=O) groups excluding carboxylic acids is 3. The van der Waals surface area contributed by atoms with E-state index in [1.54, 1.807) is 19.9 Å². The van der Waals surface area contributed by atoms with Gasteiger partial charge >= 0.3 is 0 Å². The molecule has 23 heavy (non-hydrogen) atoms. The van der Waals surface area contributed by atoms with Gasteiger partial charge in [-0.3, -0.25) is 29.4 Å². The van der Waals surface area contributed by atoms with Gasteiger partial charge in [0.2, 0.25) is 11.8 Å². The van der Waals surface area contributed by atoms with Gasteiger partial charge in [0.25, 0.3) is 10.9 Å². The zero-order chi connectivity index (χ0) is 17.2. The van der Waals surface area contributed by atoms with E-state index < -0.39 is 20.8 Å². The van der Waals surface area contributed by atoms with Crippen molar-refractivity contribution in [2.24, 2.45) is 0 Å². The van der Waals surface area contributed by atoms with Gasteiger partial charge in [0.15, 0.2) is 0 Å². The molecule has 2 rings (SSSR count). The molecule has 0 radical (unpaired) electrons. The van der Waals surface area contributed by atoms with Gasteiger partial charge in [0.05, 0.1) is 9.67 Å². The quantitative estimate of drug-likeness (QED) is 0.652. The van der Waals surface area contributed by atoms with Gasteiger partial charge in [0.1, 0.15) is 5.69 Å². The summed E-state index contributed by atoms with van der Waals surface area (Å²) in [7, 11) is 0. The van der Waals surface area contributed by atoms with E-state index in [9.17, 15) is 24.5 Å². The summed E-state index contributed by atoms with van der Waals surface area (Å²) in [5.41, 5.74) is -0.137. The zero-order valence-corrected chi connectivity index (χ0v) is 13.4. The summed E-state index contributed by atoms with van der Waals surface area (Å²) < 4.78 is -0.828. The van der Waals surface area contributed by atoms with E-state index in [0.29, 0.717) is 0 Å². The van der Waals surface area contributed by atoms with Crippen molar-refractivity contribution in [1.29, 1.82) is 0 Å². The number of nitrogens with zero attached hydrogens (tertiary/aromatic N) is 2. The van der Waals surface area contributed by atoms with Crippen LogP contribution in [0.5, 0.6) is 0 Å². The molecule has 9 heteroatoms. The molecule has 1 aliphatic rings. The normalized spacial score (nSPS) is 16.5. The molecule has 0 bridgehead atoms. The number of imide groups is 1. The van der Waals surface area contributed by atoms with Crippen molar-refractivity contribution >= 4 is 40.2 Å². The third-order valence-electron chi connectivity index (χ3n) is 3.26. The molecule has 1 aromatic rings. The van der Waals surface area contributed by atoms with Crippen LogP contribution in [-0.4, -0.2) is 38.2 Å². The Morgan fingerprint density at radius 3 is 2.57 bits per heavy atom. The van der Waals surface area contributed by atoms with Crippen LogP contribution in [0.25, 0.3) is 0 Å². The van der Waals surface area contributed by atoms with Crippen molar-refractivity contribution < 1.29 is 19.3 Å². The molecule has 1 fully saturated rings. The van der Waals surface area contributed by atoms with Gasteiger partial charge in [-0.2, -0.15) is 0 Å². The Kier molecular flexibility index (Phi) is 4.69. The summed E-state index contributed by atoms with van der Waals surface area (Å²) in [4.78, 5) is 47.0. The van der Waals surface area contributed by atoms with Gasteiger partial charge in [-0.05, 0) is 31.7 Å². The maximum absolute atomic E-state index is 12.0. The number of amides is 3. The molecule has 3 amide bonds. The Morgan fingerprint density at radius 1 is 1.35 bits per heavy atom. The molecule has 1 aromatic carbocycles. The van der Waals surface area contributed by atoms with Crippen LogP contribution in [0.4, 0.5) is 16.2 Å². The first kappa shape index (κ1) is 16.9. The lowest BCUT2D eigenvalue weighted by Crippen LogP contribution is -2.37. The van der Waals surface area contributed by atoms with Crippen LogP contribution in [0.3, 0.4) is 0 Å². The van der Waals surface area contributed by atoms with E-state index in [2.05, 4.69) is 5.32 Å². The highest BCUT2D eigenvalue weighted by Crippen LogP contribution is 2.36. The van der Waals surface area contributed by atoms with E-state index in [1.807, 2.05) is 0 Å². The van der Waals surface area contributed by atoms with Gasteiger partial charge in [-0.1, -0.05) is 12.1 Å². The number of hydrogen-bond donors (Lipinski definition) is 1. The first-order chi connectivity index (χ1) is 10.7. The summed E-state index contributed by atoms with van der Waals surface area (Å²) >= 11 is 0.917. The third-order valence-corrected chi connectivity index (χ3v) is 4.34. The minimum absolute atomic E-state index is 0.0550. The average molecular weight is 337 g/mol. The highest BCUT2D eigenvalue weighted by atomic mass is 32.2. The molecule has 0 saturated carbocycles. The van der Waals surface area contributed by atoms with Crippen LogP contribution in [0.2, 0.25) is 0 Å². The van der Waals surface area contributed by atoms with Crippen LogP contribution in [0, 0.1) is 10.1 Å². The van der Waals surface area contributed by atoms with Crippen LogP contribution >= 0.6 is 11.8 Å². The first-order valence-electron chi connectivity index (χ1n) is 6.80. The fourth-order valence-corrected chi connectivity index (χ4v) is 3.00. The van der Waals surface area contributed by atoms with E-state index in [4.69, 9.17) is 0 Å². The molecule has 1 heterocycles. The van der Waals surface area contributed by atoms with Gasteiger partial charge in [0, 0.05) is 19.0 Å². The van der Waals surface area contributed by atoms with E-state index in [0.717, 1.165) is 16.7 Å². The minimum atomic E-state index is -0.828. The largest absolute Gasteiger partial charge is 0.320 e. The van der Waals surface area contributed by atoms with Crippen molar-refractivity contribution in [3.8, 4) is 0 Å². The number of rotatable bonds is 5. The SMILES string of the molecule is CC1(C)SC(=O)N(CCC(=O)Nc2ccccc2[N+](=O)[O-])C1=O. The molecule has 122 valence electrons. The minimum Gasteiger partial charge on any atom is -0.320 e. The molecule has 0 unspecified atom stereocenters. The van der Waals surface area contributed by atoms with Crippen molar-refractivity contribution in [2.45, 2.75) is 25.0 Å². The number of hydrogen-bond acceptors (Lipinski definition) is 6. The average Bonchev–Trinajstić information content (AvgIpc) is 2.65. The Bertz CT molecular complexity index is 689. The number of nitro benzene ring substituents is 1. The van der Waals surface area contributed by atoms with Crippen LogP contribution in [0.1, 0.15) is 20.3 Å². The fraction of sp³-hybridized carbons (Fsp3) is 0.357. The highest BCUT2D eigenvalue weighted by molar-refractivity contribution is 8.16. The number of nitrogens with one attached hydrogen (secondary N) is 1. The number of para-hydroxylation sites is 2. The predicted octanol–water partition coefficient (Wildman–Crippen LogP) is 2.40. The topological polar surface area (TPSA) is 110 Å². The van der Waals surface area contributed by atoms with Crippen molar-refractivity contribution in [3.05, 3.63) is 34.4 Å². The lowest BCUT2D eigenvalue weighted by atomic mass is 10.2. The Balaban J connectivity index is 1.98. The monoisotopic (exact) mass is 337 g/mol. The molecular formula is C14H15N3O5S. The van der Waals surface area contributed by atoms with Gasteiger partial charge in [-0.15, -0.1) is 0 Å². The lowest BCUT2D eigenvalue weighted by molar-refractivity contribution is -0.383. The molecule has 1 saturated heterocycles. The van der Waals surface area contributed by atoms with E-state index >= 15 is 0 Å². The highest BCUT2D eigenvalue weighted by Gasteiger charge is 2.45. The number of nitro groups is 1. The number of anilines is 1. The Labute approximate surface area is 136 Å². The maximum atomic E-state index is 12.0. The Morgan fingerprint density at radius 2 is 2.00 bits per heavy atom. The zero-order valence-electron chi connectivity index (χ0n) is 12.6. The molecule has 0 atom stereocenters. The van der Waals surface area contributed by atoms with Crippen LogP contribution in [-0.2, 0) is 9.59 Å². The summed E-state index contributed by atoms with van der Waals surface area (Å²) in [6.45, 7) is 3.23. The lowest BCUT2D eigenvalue weighted by Gasteiger charge is -2.16. The summed E-state index contributed by atoms with van der Waals surface area (Å²) in [5, 5.41) is 12.9. The van der Waals surface area contributed by atoms with Crippen LogP contribution in [0.15, 0.2) is 24.3 Å². The maximum Gasteiger partial charge on any atom is 0.292 e. The second-order valence-corrected chi connectivity index (χ2v) is 6.98. The molecule has 0 aromatic heterocycles. The molecule has 1 N–H and O–H groups in total. The molecule has 8 nitrogen and oxygen atoms in total. The fourth-order valence-electron chi connectivity index (χ4n) is 2.08. The van der Waals surface area contributed by atoms with E-state index in [1.165, 1.54) is 18.2 Å². The van der Waals surface area contributed by atoms with Crippen molar-refractivity contribution in [3.63, 3.8) is 0 Å². The molecular weight excluding hydrogens is 322 g/mol.